The lowest BCUT2D eigenvalue weighted by Crippen LogP contribution is -2.60. The Morgan fingerprint density at radius 2 is 1.25 bits per heavy atom. The van der Waals surface area contributed by atoms with Crippen molar-refractivity contribution < 1.29 is 79.5 Å². The Labute approximate surface area is 246 Å². The zero-order valence-corrected chi connectivity index (χ0v) is 22.4. The van der Waals surface area contributed by atoms with E-state index in [0.29, 0.717) is 0 Å². The van der Waals surface area contributed by atoms with E-state index in [9.17, 15) is 61.0 Å². The van der Waals surface area contributed by atoms with E-state index in [1.165, 1.54) is 6.07 Å². The van der Waals surface area contributed by atoms with Gasteiger partial charge in [0.1, 0.15) is 71.3 Å². The molecule has 17 heteroatoms. The van der Waals surface area contributed by atoms with Gasteiger partial charge in [-0.25, -0.2) is 0 Å². The lowest BCUT2D eigenvalue weighted by Gasteiger charge is -2.39. The van der Waals surface area contributed by atoms with Crippen LogP contribution in [0.4, 0.5) is 0 Å². The molecule has 0 bridgehead atoms. The highest BCUT2D eigenvalue weighted by Gasteiger charge is 2.46. The van der Waals surface area contributed by atoms with Crippen molar-refractivity contribution in [2.75, 3.05) is 13.2 Å². The molecular formula is C27H30O17. The van der Waals surface area contributed by atoms with Crippen LogP contribution in [0.1, 0.15) is 0 Å². The Morgan fingerprint density at radius 1 is 0.682 bits per heavy atom. The molecule has 44 heavy (non-hydrogen) atoms. The van der Waals surface area contributed by atoms with E-state index in [4.69, 9.17) is 23.4 Å². The largest absolute Gasteiger partial charge is 0.508 e. The summed E-state index contributed by atoms with van der Waals surface area (Å²) in [5.74, 6) is -3.37. The number of aliphatic hydroxyl groups is 8. The van der Waals surface area contributed by atoms with Crippen molar-refractivity contribution in [1.29, 1.82) is 0 Å². The second-order valence-electron chi connectivity index (χ2n) is 10.2. The molecule has 2 aromatic carbocycles. The minimum Gasteiger partial charge on any atom is -0.508 e. The predicted octanol–water partition coefficient (Wildman–Crippen LogP) is -3.07. The van der Waals surface area contributed by atoms with Gasteiger partial charge in [0.25, 0.3) is 0 Å². The summed E-state index contributed by atoms with van der Waals surface area (Å²) in [7, 11) is 0. The minimum atomic E-state index is -1.96. The fourth-order valence-corrected chi connectivity index (χ4v) is 4.88. The topological polar surface area (TPSA) is 290 Å². The number of aliphatic hydroxyl groups excluding tert-OH is 8. The Hall–Kier alpha value is -3.75. The molecule has 2 aliphatic heterocycles. The van der Waals surface area contributed by atoms with Crippen LogP contribution in [-0.4, -0.2) is 131 Å². The molecule has 17 nitrogen and oxygen atoms in total. The summed E-state index contributed by atoms with van der Waals surface area (Å²) in [6.45, 7) is -1.60. The average Bonchev–Trinajstić information content (AvgIpc) is 2.99. The van der Waals surface area contributed by atoms with E-state index in [0.717, 1.165) is 24.3 Å². The van der Waals surface area contributed by atoms with Crippen LogP contribution in [-0.2, 0) is 9.47 Å². The van der Waals surface area contributed by atoms with Gasteiger partial charge in [-0.05, 0) is 18.2 Å². The number of aromatic hydroxyl groups is 3. The lowest BCUT2D eigenvalue weighted by molar-refractivity contribution is -0.277. The fourth-order valence-electron chi connectivity index (χ4n) is 4.88. The van der Waals surface area contributed by atoms with Crippen LogP contribution < -0.4 is 14.9 Å². The normalized spacial score (nSPS) is 32.5. The molecule has 0 spiro atoms. The van der Waals surface area contributed by atoms with E-state index in [2.05, 4.69) is 0 Å². The van der Waals surface area contributed by atoms with Crippen molar-refractivity contribution in [3.8, 4) is 40.1 Å². The Morgan fingerprint density at radius 3 is 1.80 bits per heavy atom. The van der Waals surface area contributed by atoms with E-state index >= 15 is 0 Å². The second kappa shape index (κ2) is 12.3. The van der Waals surface area contributed by atoms with Crippen molar-refractivity contribution in [2.45, 2.75) is 61.4 Å². The molecule has 0 radical (unpaired) electrons. The maximum Gasteiger partial charge on any atom is 0.239 e. The molecule has 0 unspecified atom stereocenters. The summed E-state index contributed by atoms with van der Waals surface area (Å²) >= 11 is 0. The van der Waals surface area contributed by atoms with Crippen LogP contribution in [0.3, 0.4) is 0 Å². The van der Waals surface area contributed by atoms with E-state index in [-0.39, 0.29) is 11.1 Å². The van der Waals surface area contributed by atoms with Gasteiger partial charge >= 0.3 is 0 Å². The molecule has 0 saturated carbocycles. The molecule has 11 N–H and O–H groups in total. The lowest BCUT2D eigenvalue weighted by atomic mass is 9.99. The fraction of sp³-hybridized carbons (Fsp3) is 0.444. The number of rotatable bonds is 7. The smallest absolute Gasteiger partial charge is 0.239 e. The van der Waals surface area contributed by atoms with Crippen molar-refractivity contribution in [1.82, 2.24) is 0 Å². The van der Waals surface area contributed by atoms with Crippen molar-refractivity contribution in [2.24, 2.45) is 0 Å². The molecule has 3 heterocycles. The average molecular weight is 627 g/mol. The molecule has 2 fully saturated rings. The zero-order chi connectivity index (χ0) is 32.0. The van der Waals surface area contributed by atoms with Gasteiger partial charge in [-0.2, -0.15) is 0 Å². The van der Waals surface area contributed by atoms with Gasteiger partial charge in [0.05, 0.1) is 13.2 Å². The van der Waals surface area contributed by atoms with E-state index in [1.807, 2.05) is 0 Å². The number of phenolic OH excluding ortho intramolecular Hbond substituents is 3. The first-order valence-corrected chi connectivity index (χ1v) is 13.2. The number of ether oxygens (including phenoxy) is 4. The Bertz CT molecular complexity index is 1550. The van der Waals surface area contributed by atoms with Crippen LogP contribution in [0.15, 0.2) is 39.5 Å². The molecule has 5 rings (SSSR count). The molecule has 2 saturated heterocycles. The maximum atomic E-state index is 14.1. The first-order valence-electron chi connectivity index (χ1n) is 13.2. The number of hydrogen-bond donors (Lipinski definition) is 11. The summed E-state index contributed by atoms with van der Waals surface area (Å²) in [5.41, 5.74) is -1.51. The third kappa shape index (κ3) is 5.61. The summed E-state index contributed by atoms with van der Waals surface area (Å²) in [6.07, 6.45) is -17.5. The Balaban J connectivity index is 1.66. The van der Waals surface area contributed by atoms with Crippen molar-refractivity contribution >= 4 is 11.0 Å². The highest BCUT2D eigenvalue weighted by atomic mass is 16.7. The van der Waals surface area contributed by atoms with Gasteiger partial charge in [-0.15, -0.1) is 0 Å². The third-order valence-electron chi connectivity index (χ3n) is 7.31. The predicted molar refractivity (Wildman–Crippen MR) is 142 cm³/mol. The van der Waals surface area contributed by atoms with Crippen LogP contribution in [0.2, 0.25) is 0 Å². The molecule has 0 amide bonds. The quantitative estimate of drug-likeness (QED) is 0.116. The minimum absolute atomic E-state index is 0.0707. The molecular weight excluding hydrogens is 596 g/mol. The Kier molecular flexibility index (Phi) is 8.87. The van der Waals surface area contributed by atoms with Gasteiger partial charge < -0.3 is 79.5 Å². The summed E-state index contributed by atoms with van der Waals surface area (Å²) < 4.78 is 27.8. The zero-order valence-electron chi connectivity index (χ0n) is 22.4. The molecule has 3 aromatic rings. The number of benzene rings is 2. The van der Waals surface area contributed by atoms with Crippen LogP contribution in [0.5, 0.6) is 28.7 Å². The van der Waals surface area contributed by atoms with Gasteiger partial charge in [0.2, 0.25) is 23.8 Å². The highest BCUT2D eigenvalue weighted by molar-refractivity contribution is 5.88. The SMILES string of the molecule is O=c1c(O[C@H]2O[C@H](CO)[C@H](O)[C@H](O)[C@H]2O)c(-c2ccc(O)c(O)c2)oc2cc(O)cc(O[C@@H]3O[C@H](CO)[C@H](O)[C@H](O)[C@H]3O)c12. The highest BCUT2D eigenvalue weighted by Crippen LogP contribution is 2.40. The second-order valence-corrected chi connectivity index (χ2v) is 10.2. The standard InChI is InChI=1S/C27H30O17/c28-6-14-17(33)20(36)22(38)26(42-14)41-13-5-9(30)4-12-16(13)19(35)25(24(40-12)8-1-2-10(31)11(32)3-8)44-27-23(39)21(37)18(34)15(7-29)43-27/h1-5,14-15,17-18,20-23,26-34,36-39H,6-7H2/t14-,15-,17+,18+,20+,21+,22-,23-,26-,27-/m1/s1. The van der Waals surface area contributed by atoms with Gasteiger partial charge in [-0.3, -0.25) is 4.79 Å². The molecule has 10 atom stereocenters. The van der Waals surface area contributed by atoms with Crippen LogP contribution >= 0.6 is 0 Å². The van der Waals surface area contributed by atoms with Gasteiger partial charge in [-0.1, -0.05) is 0 Å². The molecule has 2 aliphatic rings. The first-order chi connectivity index (χ1) is 20.9. The van der Waals surface area contributed by atoms with E-state index in [1.54, 1.807) is 0 Å². The van der Waals surface area contributed by atoms with Crippen molar-refractivity contribution in [3.63, 3.8) is 0 Å². The van der Waals surface area contributed by atoms with Crippen LogP contribution in [0.25, 0.3) is 22.3 Å². The van der Waals surface area contributed by atoms with Crippen LogP contribution in [0, 0.1) is 0 Å². The number of phenols is 3. The maximum absolute atomic E-state index is 14.1. The monoisotopic (exact) mass is 626 g/mol. The molecule has 240 valence electrons. The summed E-state index contributed by atoms with van der Waals surface area (Å²) in [5, 5.41) is 110. The summed E-state index contributed by atoms with van der Waals surface area (Å²) in [4.78, 5) is 14.1. The first kappa shape index (κ1) is 31.7. The third-order valence-corrected chi connectivity index (χ3v) is 7.31. The summed E-state index contributed by atoms with van der Waals surface area (Å²) in [6, 6.07) is 5.19. The number of fused-ring (bicyclic) bond motifs is 1. The van der Waals surface area contributed by atoms with Gasteiger partial charge in [0.15, 0.2) is 17.3 Å². The van der Waals surface area contributed by atoms with Gasteiger partial charge in [0, 0.05) is 17.7 Å². The molecule has 1 aromatic heterocycles. The van der Waals surface area contributed by atoms with Crippen molar-refractivity contribution in [3.05, 3.63) is 40.6 Å². The number of hydrogen-bond acceptors (Lipinski definition) is 17. The molecule has 0 aliphatic carbocycles. The van der Waals surface area contributed by atoms with E-state index < -0.39 is 120 Å².